The van der Waals surface area contributed by atoms with Crippen molar-refractivity contribution in [2.75, 3.05) is 22.9 Å². The lowest BCUT2D eigenvalue weighted by atomic mass is 9.86. The number of rotatable bonds is 10. The van der Waals surface area contributed by atoms with Crippen LogP contribution in [-0.2, 0) is 21.4 Å². The summed E-state index contributed by atoms with van der Waals surface area (Å²) < 4.78 is 30.0. The molecule has 10 nitrogen and oxygen atoms in total. The van der Waals surface area contributed by atoms with E-state index in [0.717, 1.165) is 38.5 Å². The summed E-state index contributed by atoms with van der Waals surface area (Å²) >= 11 is 0. The molecule has 2 saturated heterocycles. The van der Waals surface area contributed by atoms with Gasteiger partial charge >= 0.3 is 0 Å². The summed E-state index contributed by atoms with van der Waals surface area (Å²) in [5, 5.41) is 3.95. The van der Waals surface area contributed by atoms with Crippen LogP contribution in [0.4, 0.5) is 11.6 Å². The molecule has 2 fully saturated rings. The largest absolute Gasteiger partial charge is 0.350 e. The summed E-state index contributed by atoms with van der Waals surface area (Å²) in [4.78, 5) is 35.6. The van der Waals surface area contributed by atoms with Crippen molar-refractivity contribution in [3.8, 4) is 0 Å². The van der Waals surface area contributed by atoms with E-state index in [0.29, 0.717) is 37.2 Å². The van der Waals surface area contributed by atoms with Gasteiger partial charge in [0.1, 0.15) is 11.6 Å². The van der Waals surface area contributed by atoms with E-state index in [-0.39, 0.29) is 33.4 Å². The minimum Gasteiger partial charge on any atom is -0.350 e. The maximum absolute atomic E-state index is 13.5. The lowest BCUT2D eigenvalue weighted by Gasteiger charge is -2.34. The fourth-order valence-electron chi connectivity index (χ4n) is 5.93. The van der Waals surface area contributed by atoms with Crippen LogP contribution in [-0.4, -0.2) is 53.6 Å². The molecule has 0 radical (unpaired) electrons. The maximum Gasteiger partial charge on any atom is 0.283 e. The molecule has 1 N–H and O–H groups in total. The average Bonchev–Trinajstić information content (AvgIpc) is 3.57. The highest BCUT2D eigenvalue weighted by Crippen LogP contribution is 2.39. The number of sulfonamides is 1. The average molecular weight is 587 g/mol. The van der Waals surface area contributed by atoms with Gasteiger partial charge in [-0.2, -0.15) is 13.5 Å². The van der Waals surface area contributed by atoms with Gasteiger partial charge in [0.05, 0.1) is 5.56 Å². The SMILES string of the molecule is CCCCn1ccc(S(=O)(=O)NC(=O)c2ccc(N3CCC(CCC(C)(C)C)C3=O)nc2N2CC(C)CC2(C)C)n1. The van der Waals surface area contributed by atoms with E-state index in [4.69, 9.17) is 4.98 Å². The quantitative estimate of drug-likeness (QED) is 0.416. The van der Waals surface area contributed by atoms with Crippen molar-refractivity contribution in [1.29, 1.82) is 0 Å². The Balaban J connectivity index is 1.63. The van der Waals surface area contributed by atoms with Gasteiger partial charge in [-0.25, -0.2) is 9.71 Å². The first kappa shape index (κ1) is 31.0. The fraction of sp³-hybridized carbons (Fsp3) is 0.667. The van der Waals surface area contributed by atoms with E-state index in [9.17, 15) is 18.0 Å². The molecule has 2 atom stereocenters. The van der Waals surface area contributed by atoms with Crippen molar-refractivity contribution < 1.29 is 18.0 Å². The smallest absolute Gasteiger partial charge is 0.283 e. The Bertz CT molecular complexity index is 1380. The zero-order valence-corrected chi connectivity index (χ0v) is 26.4. The Morgan fingerprint density at radius 3 is 2.56 bits per heavy atom. The van der Waals surface area contributed by atoms with E-state index >= 15 is 0 Å². The molecule has 4 rings (SSSR count). The zero-order chi connectivity index (χ0) is 30.2. The van der Waals surface area contributed by atoms with Crippen LogP contribution in [0.25, 0.3) is 0 Å². The molecule has 0 aliphatic carbocycles. The number of anilines is 2. The zero-order valence-electron chi connectivity index (χ0n) is 25.6. The number of nitrogens with zero attached hydrogens (tertiary/aromatic N) is 5. The predicted molar refractivity (Wildman–Crippen MR) is 160 cm³/mol. The van der Waals surface area contributed by atoms with Crippen LogP contribution in [0.2, 0.25) is 0 Å². The fourth-order valence-corrected chi connectivity index (χ4v) is 6.84. The molecule has 2 unspecified atom stereocenters. The van der Waals surface area contributed by atoms with Crippen LogP contribution in [0.1, 0.15) is 97.3 Å². The number of aromatic nitrogens is 3. The molecule has 41 heavy (non-hydrogen) atoms. The minimum atomic E-state index is -4.19. The van der Waals surface area contributed by atoms with E-state index in [2.05, 4.69) is 56.3 Å². The van der Waals surface area contributed by atoms with Gasteiger partial charge in [-0.3, -0.25) is 19.2 Å². The maximum atomic E-state index is 13.5. The van der Waals surface area contributed by atoms with Crippen LogP contribution in [0.15, 0.2) is 29.4 Å². The number of aryl methyl sites for hydroxylation is 1. The first-order valence-electron chi connectivity index (χ1n) is 14.8. The Morgan fingerprint density at radius 1 is 1.20 bits per heavy atom. The minimum absolute atomic E-state index is 0.0482. The molecular weight excluding hydrogens is 540 g/mol. The van der Waals surface area contributed by atoms with Crippen molar-refractivity contribution in [2.24, 2.45) is 17.3 Å². The van der Waals surface area contributed by atoms with Crippen molar-refractivity contribution in [2.45, 2.75) is 104 Å². The molecule has 0 aromatic carbocycles. The Labute approximate surface area is 244 Å². The third-order valence-corrected chi connectivity index (χ3v) is 9.35. The summed E-state index contributed by atoms with van der Waals surface area (Å²) in [6, 6.07) is 4.64. The van der Waals surface area contributed by atoms with Crippen molar-refractivity contribution in [1.82, 2.24) is 19.5 Å². The standard InChI is InChI=1S/C30H46N6O4S/c1-8-9-16-34-17-14-25(32-34)41(39,40)33-27(37)23-10-11-24(31-26(23)36-20-21(2)19-30(36,6)7)35-18-13-22(28(35)38)12-15-29(3,4)5/h10-11,14,17,21-22H,8-9,12-13,15-16,18-20H2,1-7H3,(H,33,37). The Hall–Kier alpha value is -2.95. The number of carbonyl (C=O) groups is 2. The molecule has 2 aromatic heterocycles. The number of amides is 2. The lowest BCUT2D eigenvalue weighted by Crippen LogP contribution is -2.41. The van der Waals surface area contributed by atoms with Gasteiger partial charge in [-0.1, -0.05) is 41.0 Å². The molecule has 2 aliphatic rings. The number of nitrogens with one attached hydrogen (secondary N) is 1. The predicted octanol–water partition coefficient (Wildman–Crippen LogP) is 5.00. The molecule has 0 spiro atoms. The molecule has 11 heteroatoms. The number of hydrogen-bond donors (Lipinski definition) is 1. The van der Waals surface area contributed by atoms with Crippen molar-refractivity contribution in [3.05, 3.63) is 30.0 Å². The van der Waals surface area contributed by atoms with Gasteiger partial charge in [-0.05, 0) is 75.5 Å². The monoisotopic (exact) mass is 586 g/mol. The second-order valence-electron chi connectivity index (χ2n) is 13.6. The van der Waals surface area contributed by atoms with E-state index in [1.165, 1.54) is 6.07 Å². The third kappa shape index (κ3) is 7.10. The molecule has 2 aliphatic heterocycles. The normalized spacial score (nSPS) is 21.1. The van der Waals surface area contributed by atoms with E-state index in [1.54, 1.807) is 27.9 Å². The van der Waals surface area contributed by atoms with Gasteiger partial charge in [0, 0.05) is 37.3 Å². The summed E-state index contributed by atoms with van der Waals surface area (Å²) in [7, 11) is -4.19. The first-order valence-corrected chi connectivity index (χ1v) is 16.3. The number of hydrogen-bond acceptors (Lipinski definition) is 7. The lowest BCUT2D eigenvalue weighted by molar-refractivity contribution is -0.120. The Morgan fingerprint density at radius 2 is 1.93 bits per heavy atom. The Kier molecular flexibility index (Phi) is 8.87. The van der Waals surface area contributed by atoms with Crippen molar-refractivity contribution >= 4 is 33.5 Å². The summed E-state index contributed by atoms with van der Waals surface area (Å²) in [5.41, 5.74) is 0.00217. The molecule has 0 bridgehead atoms. The summed E-state index contributed by atoms with van der Waals surface area (Å²) in [5.74, 6) is 0.482. The van der Waals surface area contributed by atoms with Crippen LogP contribution < -0.4 is 14.5 Å². The van der Waals surface area contributed by atoms with E-state index < -0.39 is 15.9 Å². The first-order chi connectivity index (χ1) is 19.1. The topological polar surface area (TPSA) is 117 Å². The molecule has 2 aromatic rings. The number of unbranched alkanes of at least 4 members (excludes halogenated alkanes) is 1. The molecule has 226 valence electrons. The third-order valence-electron chi connectivity index (χ3n) is 8.13. The van der Waals surface area contributed by atoms with Crippen LogP contribution in [0.3, 0.4) is 0 Å². The van der Waals surface area contributed by atoms with Crippen molar-refractivity contribution in [3.63, 3.8) is 0 Å². The van der Waals surface area contributed by atoms with Gasteiger partial charge < -0.3 is 4.90 Å². The van der Waals surface area contributed by atoms with Gasteiger partial charge in [0.25, 0.3) is 15.9 Å². The molecule has 2 amide bonds. The number of carbonyl (C=O) groups excluding carboxylic acids is 2. The van der Waals surface area contributed by atoms with Crippen LogP contribution >= 0.6 is 0 Å². The molecule has 4 heterocycles. The summed E-state index contributed by atoms with van der Waals surface area (Å²) in [6.45, 7) is 16.8. The second kappa shape index (κ2) is 11.7. The highest BCUT2D eigenvalue weighted by molar-refractivity contribution is 7.90. The van der Waals surface area contributed by atoms with Crippen LogP contribution in [0.5, 0.6) is 0 Å². The van der Waals surface area contributed by atoms with E-state index in [1.807, 2.05) is 6.92 Å². The molecular formula is C30H46N6O4S. The number of pyridine rings is 1. The summed E-state index contributed by atoms with van der Waals surface area (Å²) in [6.07, 6.45) is 6.88. The van der Waals surface area contributed by atoms with Gasteiger partial charge in [0.15, 0.2) is 5.03 Å². The molecule has 0 saturated carbocycles. The van der Waals surface area contributed by atoms with Gasteiger partial charge in [0.2, 0.25) is 5.91 Å². The van der Waals surface area contributed by atoms with Gasteiger partial charge in [-0.15, -0.1) is 0 Å². The van der Waals surface area contributed by atoms with Crippen LogP contribution in [0, 0.1) is 17.3 Å². The highest BCUT2D eigenvalue weighted by atomic mass is 32.2. The highest BCUT2D eigenvalue weighted by Gasteiger charge is 2.40. The second-order valence-corrected chi connectivity index (χ2v) is 15.2.